The first kappa shape index (κ1) is 13.7. The summed E-state index contributed by atoms with van der Waals surface area (Å²) in [5, 5.41) is 2.41. The predicted octanol–water partition coefficient (Wildman–Crippen LogP) is 4.10. The fourth-order valence-electron chi connectivity index (χ4n) is 2.55. The minimum Gasteiger partial charge on any atom is -0.321 e. The molecule has 0 aliphatic heterocycles. The molecule has 1 fully saturated rings. The zero-order chi connectivity index (χ0) is 14.8. The average molecular weight is 287 g/mol. The lowest BCUT2D eigenvalue weighted by molar-refractivity contribution is -0.118. The molecule has 2 aromatic rings. The number of carbonyl (C=O) groups excluding carboxylic acids is 1. The maximum atomic E-state index is 13.6. The van der Waals surface area contributed by atoms with Gasteiger partial charge in [0.1, 0.15) is 17.3 Å². The minimum absolute atomic E-state index is 0.252. The Balaban J connectivity index is 1.86. The summed E-state index contributed by atoms with van der Waals surface area (Å²) in [6, 6.07) is 12.9. The molecule has 1 aliphatic rings. The number of nitrogens with one attached hydrogen (secondary N) is 1. The van der Waals surface area contributed by atoms with Crippen LogP contribution < -0.4 is 5.32 Å². The molecule has 1 N–H and O–H groups in total. The number of anilines is 1. The van der Waals surface area contributed by atoms with Crippen molar-refractivity contribution in [1.29, 1.82) is 0 Å². The second kappa shape index (κ2) is 5.64. The van der Waals surface area contributed by atoms with Crippen LogP contribution in [0.2, 0.25) is 0 Å². The number of para-hydroxylation sites is 1. The average Bonchev–Trinajstić information content (AvgIpc) is 3.29. The molecule has 0 bridgehead atoms. The summed E-state index contributed by atoms with van der Waals surface area (Å²) in [4.78, 5) is 12.5. The molecule has 0 radical (unpaired) electrons. The highest BCUT2D eigenvalue weighted by Crippen LogP contribution is 2.43. The number of rotatable bonds is 4. The van der Waals surface area contributed by atoms with Crippen molar-refractivity contribution in [2.24, 2.45) is 5.92 Å². The van der Waals surface area contributed by atoms with Crippen molar-refractivity contribution in [2.75, 3.05) is 5.32 Å². The summed E-state index contributed by atoms with van der Waals surface area (Å²) >= 11 is 0. The van der Waals surface area contributed by atoms with Crippen molar-refractivity contribution < 1.29 is 13.6 Å². The molecule has 1 unspecified atom stereocenters. The first-order valence-corrected chi connectivity index (χ1v) is 6.96. The molecule has 4 heteroatoms. The van der Waals surface area contributed by atoms with Gasteiger partial charge in [0, 0.05) is 0 Å². The Labute approximate surface area is 121 Å². The van der Waals surface area contributed by atoms with E-state index in [2.05, 4.69) is 5.32 Å². The van der Waals surface area contributed by atoms with Gasteiger partial charge in [-0.2, -0.15) is 0 Å². The Morgan fingerprint density at radius 1 is 1.00 bits per heavy atom. The van der Waals surface area contributed by atoms with Crippen molar-refractivity contribution in [1.82, 2.24) is 0 Å². The summed E-state index contributed by atoms with van der Waals surface area (Å²) in [6.07, 6.45) is 1.93. The summed E-state index contributed by atoms with van der Waals surface area (Å²) in [5.41, 5.74) is 0.512. The van der Waals surface area contributed by atoms with Crippen LogP contribution in [0.1, 0.15) is 24.3 Å². The summed E-state index contributed by atoms with van der Waals surface area (Å²) < 4.78 is 27.3. The summed E-state index contributed by atoms with van der Waals surface area (Å²) in [7, 11) is 0. The molecule has 0 heterocycles. The monoisotopic (exact) mass is 287 g/mol. The Hall–Kier alpha value is -2.23. The van der Waals surface area contributed by atoms with E-state index in [1.54, 1.807) is 0 Å². The van der Waals surface area contributed by atoms with Crippen LogP contribution in [0, 0.1) is 17.6 Å². The summed E-state index contributed by atoms with van der Waals surface area (Å²) in [6.45, 7) is 0. The number of hydrogen-bond donors (Lipinski definition) is 1. The highest BCUT2D eigenvalue weighted by Gasteiger charge is 2.37. The van der Waals surface area contributed by atoms with Gasteiger partial charge in [-0.1, -0.05) is 36.4 Å². The van der Waals surface area contributed by atoms with Gasteiger partial charge in [0.25, 0.3) is 0 Å². The smallest absolute Gasteiger partial charge is 0.232 e. The van der Waals surface area contributed by atoms with Gasteiger partial charge in [0.15, 0.2) is 0 Å². The van der Waals surface area contributed by atoms with Crippen molar-refractivity contribution in [3.05, 3.63) is 65.7 Å². The Kier molecular flexibility index (Phi) is 3.69. The Morgan fingerprint density at radius 3 is 2.19 bits per heavy atom. The molecule has 21 heavy (non-hydrogen) atoms. The van der Waals surface area contributed by atoms with E-state index in [-0.39, 0.29) is 23.4 Å². The molecule has 3 rings (SSSR count). The van der Waals surface area contributed by atoms with Gasteiger partial charge in [-0.3, -0.25) is 4.79 Å². The molecule has 0 saturated heterocycles. The molecule has 0 spiro atoms. The Morgan fingerprint density at radius 2 is 1.62 bits per heavy atom. The van der Waals surface area contributed by atoms with E-state index < -0.39 is 11.6 Å². The SMILES string of the molecule is O=C(Nc1c(F)cccc1F)C(c1ccccc1)C1CC1. The molecule has 0 aromatic heterocycles. The van der Waals surface area contributed by atoms with Crippen LogP contribution >= 0.6 is 0 Å². The third-order valence-corrected chi connectivity index (χ3v) is 3.75. The second-order valence-corrected chi connectivity index (χ2v) is 5.31. The fraction of sp³-hybridized carbons (Fsp3) is 0.235. The lowest BCUT2D eigenvalue weighted by atomic mass is 9.93. The van der Waals surface area contributed by atoms with E-state index in [9.17, 15) is 13.6 Å². The van der Waals surface area contributed by atoms with Crippen LogP contribution in [0.4, 0.5) is 14.5 Å². The van der Waals surface area contributed by atoms with Crippen LogP contribution in [0.5, 0.6) is 0 Å². The van der Waals surface area contributed by atoms with E-state index in [1.807, 2.05) is 30.3 Å². The van der Waals surface area contributed by atoms with Gasteiger partial charge in [0.2, 0.25) is 5.91 Å². The van der Waals surface area contributed by atoms with Gasteiger partial charge < -0.3 is 5.32 Å². The molecule has 2 aromatic carbocycles. The van der Waals surface area contributed by atoms with E-state index in [0.29, 0.717) is 0 Å². The van der Waals surface area contributed by atoms with E-state index in [4.69, 9.17) is 0 Å². The molecular weight excluding hydrogens is 272 g/mol. The Bertz CT molecular complexity index is 633. The highest BCUT2D eigenvalue weighted by atomic mass is 19.1. The predicted molar refractivity (Wildman–Crippen MR) is 76.9 cm³/mol. The van der Waals surface area contributed by atoms with E-state index >= 15 is 0 Å². The normalized spacial score (nSPS) is 15.5. The standard InChI is InChI=1S/C17H15F2NO/c18-13-7-4-8-14(19)16(13)20-17(21)15(12-9-10-12)11-5-2-1-3-6-11/h1-8,12,15H,9-10H2,(H,20,21). The number of halogens is 2. The van der Waals surface area contributed by atoms with Crippen molar-refractivity contribution in [3.8, 4) is 0 Å². The third-order valence-electron chi connectivity index (χ3n) is 3.75. The maximum Gasteiger partial charge on any atom is 0.232 e. The van der Waals surface area contributed by atoms with Crippen molar-refractivity contribution in [2.45, 2.75) is 18.8 Å². The first-order chi connectivity index (χ1) is 10.2. The first-order valence-electron chi connectivity index (χ1n) is 6.96. The van der Waals surface area contributed by atoms with Crippen LogP contribution in [0.3, 0.4) is 0 Å². The van der Waals surface area contributed by atoms with E-state index in [0.717, 1.165) is 30.5 Å². The maximum absolute atomic E-state index is 13.6. The van der Waals surface area contributed by atoms with Crippen LogP contribution in [0.25, 0.3) is 0 Å². The highest BCUT2D eigenvalue weighted by molar-refractivity contribution is 5.96. The number of carbonyl (C=O) groups is 1. The number of amides is 1. The van der Waals surface area contributed by atoms with Crippen LogP contribution in [0.15, 0.2) is 48.5 Å². The number of benzene rings is 2. The largest absolute Gasteiger partial charge is 0.321 e. The van der Waals surface area contributed by atoms with Gasteiger partial charge >= 0.3 is 0 Å². The van der Waals surface area contributed by atoms with Gasteiger partial charge in [0.05, 0.1) is 5.92 Å². The van der Waals surface area contributed by atoms with Crippen LogP contribution in [-0.2, 0) is 4.79 Å². The molecule has 108 valence electrons. The van der Waals surface area contributed by atoms with Gasteiger partial charge in [-0.15, -0.1) is 0 Å². The zero-order valence-corrected chi connectivity index (χ0v) is 11.4. The molecule has 1 saturated carbocycles. The van der Waals surface area contributed by atoms with Gasteiger partial charge in [-0.05, 0) is 36.5 Å². The molecule has 1 aliphatic carbocycles. The molecule has 1 amide bonds. The van der Waals surface area contributed by atoms with Crippen molar-refractivity contribution >= 4 is 11.6 Å². The zero-order valence-electron chi connectivity index (χ0n) is 11.4. The summed E-state index contributed by atoms with van der Waals surface area (Å²) in [5.74, 6) is -1.97. The molecular formula is C17H15F2NO. The lowest BCUT2D eigenvalue weighted by Crippen LogP contribution is -2.23. The fourth-order valence-corrected chi connectivity index (χ4v) is 2.55. The molecule has 2 nitrogen and oxygen atoms in total. The van der Waals surface area contributed by atoms with Crippen LogP contribution in [-0.4, -0.2) is 5.91 Å². The van der Waals surface area contributed by atoms with Crippen molar-refractivity contribution in [3.63, 3.8) is 0 Å². The second-order valence-electron chi connectivity index (χ2n) is 5.31. The minimum atomic E-state index is -0.758. The third kappa shape index (κ3) is 2.94. The van der Waals surface area contributed by atoms with E-state index in [1.165, 1.54) is 6.07 Å². The molecule has 1 atom stereocenters. The number of hydrogen-bond acceptors (Lipinski definition) is 1. The quantitative estimate of drug-likeness (QED) is 0.901. The van der Waals surface area contributed by atoms with Gasteiger partial charge in [-0.25, -0.2) is 8.78 Å². The topological polar surface area (TPSA) is 29.1 Å². The lowest BCUT2D eigenvalue weighted by Gasteiger charge is -2.17.